The molecule has 3 aromatic rings. The van der Waals surface area contributed by atoms with E-state index in [4.69, 9.17) is 0 Å². The number of rotatable bonds is 8. The molecule has 0 bridgehead atoms. The van der Waals surface area contributed by atoms with Crippen molar-refractivity contribution < 1.29 is 9.90 Å². The number of carboxylic acids is 1. The number of thiophene rings is 1. The highest BCUT2D eigenvalue weighted by Crippen LogP contribution is 2.18. The minimum Gasteiger partial charge on any atom is -0.481 e. The van der Waals surface area contributed by atoms with Gasteiger partial charge < -0.3 is 15.0 Å². The fraction of sp³-hybridized carbons (Fsp3) is 0.235. The Morgan fingerprint density at radius 3 is 3.00 bits per heavy atom. The molecular formula is C17H18N4O2S. The van der Waals surface area contributed by atoms with Crippen LogP contribution in [0.25, 0.3) is 5.69 Å². The molecule has 0 aliphatic heterocycles. The SMILES string of the molecule is O=C(O)C(CNCc1cc(-n2ccnc2)cs1)Cc1cccnc1. The molecule has 0 amide bonds. The van der Waals surface area contributed by atoms with Gasteiger partial charge in [-0.25, -0.2) is 4.98 Å². The van der Waals surface area contributed by atoms with E-state index in [9.17, 15) is 9.90 Å². The molecule has 7 heteroatoms. The molecule has 24 heavy (non-hydrogen) atoms. The van der Waals surface area contributed by atoms with Gasteiger partial charge in [-0.2, -0.15) is 0 Å². The Bertz CT molecular complexity index is 771. The van der Waals surface area contributed by atoms with E-state index in [1.807, 2.05) is 22.9 Å². The third-order valence-corrected chi connectivity index (χ3v) is 4.61. The summed E-state index contributed by atoms with van der Waals surface area (Å²) in [6, 6.07) is 5.81. The summed E-state index contributed by atoms with van der Waals surface area (Å²) in [7, 11) is 0. The van der Waals surface area contributed by atoms with Crippen molar-refractivity contribution in [2.75, 3.05) is 6.54 Å². The Balaban J connectivity index is 1.53. The van der Waals surface area contributed by atoms with Gasteiger partial charge in [0.25, 0.3) is 0 Å². The average Bonchev–Trinajstić information content (AvgIpc) is 3.26. The largest absolute Gasteiger partial charge is 0.481 e. The fourth-order valence-electron chi connectivity index (χ4n) is 2.43. The molecule has 0 aliphatic rings. The average molecular weight is 342 g/mol. The standard InChI is InChI=1S/C17H18N4O2S/c22-17(23)14(6-13-2-1-3-18-8-13)9-20-10-16-7-15(11-24-16)21-5-4-19-12-21/h1-5,7-8,11-12,14,20H,6,9-10H2,(H,22,23). The molecule has 3 aromatic heterocycles. The quantitative estimate of drug-likeness (QED) is 0.657. The van der Waals surface area contributed by atoms with Gasteiger partial charge in [0.2, 0.25) is 0 Å². The van der Waals surface area contributed by atoms with Gasteiger partial charge in [0, 0.05) is 48.1 Å². The molecular weight excluding hydrogens is 324 g/mol. The number of hydrogen-bond acceptors (Lipinski definition) is 5. The molecule has 0 spiro atoms. The van der Waals surface area contributed by atoms with E-state index >= 15 is 0 Å². The summed E-state index contributed by atoms with van der Waals surface area (Å²) in [5.41, 5.74) is 2.00. The second kappa shape index (κ2) is 7.85. The summed E-state index contributed by atoms with van der Waals surface area (Å²) < 4.78 is 1.95. The molecule has 3 heterocycles. The van der Waals surface area contributed by atoms with Crippen LogP contribution in [0, 0.1) is 5.92 Å². The lowest BCUT2D eigenvalue weighted by Gasteiger charge is -2.13. The van der Waals surface area contributed by atoms with Crippen LogP contribution in [0.15, 0.2) is 54.7 Å². The topological polar surface area (TPSA) is 80.0 Å². The van der Waals surface area contributed by atoms with E-state index in [0.29, 0.717) is 19.5 Å². The highest BCUT2D eigenvalue weighted by Gasteiger charge is 2.17. The van der Waals surface area contributed by atoms with Crippen molar-refractivity contribution >= 4 is 17.3 Å². The first-order valence-corrected chi connectivity index (χ1v) is 8.48. The summed E-state index contributed by atoms with van der Waals surface area (Å²) in [6.45, 7) is 1.07. The van der Waals surface area contributed by atoms with Crippen molar-refractivity contribution in [2.45, 2.75) is 13.0 Å². The van der Waals surface area contributed by atoms with Crippen LogP contribution in [0.3, 0.4) is 0 Å². The Kier molecular flexibility index (Phi) is 5.35. The summed E-state index contributed by atoms with van der Waals surface area (Å²) in [4.78, 5) is 20.7. The van der Waals surface area contributed by atoms with Gasteiger partial charge >= 0.3 is 5.97 Å². The van der Waals surface area contributed by atoms with E-state index in [0.717, 1.165) is 16.1 Å². The van der Waals surface area contributed by atoms with Crippen LogP contribution in [0.1, 0.15) is 10.4 Å². The monoisotopic (exact) mass is 342 g/mol. The number of imidazole rings is 1. The molecule has 124 valence electrons. The molecule has 0 aromatic carbocycles. The van der Waals surface area contributed by atoms with E-state index in [2.05, 4.69) is 26.7 Å². The molecule has 1 atom stereocenters. The Hall–Kier alpha value is -2.51. The number of carboxylic acid groups (broad SMARTS) is 1. The summed E-state index contributed by atoms with van der Waals surface area (Å²) in [5, 5.41) is 14.7. The molecule has 1 unspecified atom stereocenters. The van der Waals surface area contributed by atoms with Crippen molar-refractivity contribution in [1.82, 2.24) is 19.9 Å². The second-order valence-electron chi connectivity index (χ2n) is 5.47. The molecule has 0 radical (unpaired) electrons. The lowest BCUT2D eigenvalue weighted by molar-refractivity contribution is -0.141. The van der Waals surface area contributed by atoms with Crippen LogP contribution >= 0.6 is 11.3 Å². The van der Waals surface area contributed by atoms with Gasteiger partial charge in [-0.05, 0) is 24.1 Å². The molecule has 0 aliphatic carbocycles. The minimum atomic E-state index is -0.795. The van der Waals surface area contributed by atoms with E-state index < -0.39 is 11.9 Å². The number of nitrogens with one attached hydrogen (secondary N) is 1. The van der Waals surface area contributed by atoms with Crippen molar-refractivity contribution in [3.63, 3.8) is 0 Å². The molecule has 2 N–H and O–H groups in total. The Morgan fingerprint density at radius 1 is 1.38 bits per heavy atom. The lowest BCUT2D eigenvalue weighted by atomic mass is 10.0. The third kappa shape index (κ3) is 4.27. The van der Waals surface area contributed by atoms with Crippen molar-refractivity contribution in [1.29, 1.82) is 0 Å². The number of carbonyl (C=O) groups is 1. The lowest BCUT2D eigenvalue weighted by Crippen LogP contribution is -2.29. The first-order chi connectivity index (χ1) is 11.7. The Morgan fingerprint density at radius 2 is 2.29 bits per heavy atom. The third-order valence-electron chi connectivity index (χ3n) is 3.69. The zero-order valence-corrected chi connectivity index (χ0v) is 13.8. The normalized spacial score (nSPS) is 12.2. The molecule has 0 saturated carbocycles. The highest BCUT2D eigenvalue weighted by atomic mass is 32.1. The van der Waals surface area contributed by atoms with E-state index in [-0.39, 0.29) is 0 Å². The van der Waals surface area contributed by atoms with Gasteiger partial charge in [-0.1, -0.05) is 6.07 Å². The van der Waals surface area contributed by atoms with Gasteiger partial charge in [0.15, 0.2) is 0 Å². The van der Waals surface area contributed by atoms with Crippen LogP contribution < -0.4 is 5.32 Å². The molecule has 0 fully saturated rings. The first kappa shape index (κ1) is 16.4. The van der Waals surface area contributed by atoms with E-state index in [1.54, 1.807) is 36.3 Å². The van der Waals surface area contributed by atoms with Crippen LogP contribution in [0.5, 0.6) is 0 Å². The predicted octanol–water partition coefficient (Wildman–Crippen LogP) is 2.36. The van der Waals surface area contributed by atoms with Crippen molar-refractivity contribution in [2.24, 2.45) is 5.92 Å². The maximum Gasteiger partial charge on any atom is 0.308 e. The van der Waals surface area contributed by atoms with Crippen LogP contribution in [0.4, 0.5) is 0 Å². The van der Waals surface area contributed by atoms with Crippen LogP contribution in [0.2, 0.25) is 0 Å². The predicted molar refractivity (Wildman–Crippen MR) is 92.2 cm³/mol. The number of hydrogen-bond donors (Lipinski definition) is 2. The Labute approximate surface area is 143 Å². The van der Waals surface area contributed by atoms with Crippen molar-refractivity contribution in [3.05, 3.63) is 65.1 Å². The summed E-state index contributed by atoms with van der Waals surface area (Å²) in [5.74, 6) is -1.26. The van der Waals surface area contributed by atoms with Gasteiger partial charge in [0.1, 0.15) is 0 Å². The molecule has 3 rings (SSSR count). The highest BCUT2D eigenvalue weighted by molar-refractivity contribution is 7.10. The minimum absolute atomic E-state index is 0.419. The maximum absolute atomic E-state index is 11.4. The first-order valence-electron chi connectivity index (χ1n) is 7.60. The van der Waals surface area contributed by atoms with Gasteiger partial charge in [-0.15, -0.1) is 11.3 Å². The number of aromatic nitrogens is 3. The van der Waals surface area contributed by atoms with Crippen LogP contribution in [-0.4, -0.2) is 32.2 Å². The van der Waals surface area contributed by atoms with Crippen LogP contribution in [-0.2, 0) is 17.8 Å². The number of pyridine rings is 1. The molecule has 0 saturated heterocycles. The summed E-state index contributed by atoms with van der Waals surface area (Å²) in [6.07, 6.45) is 9.27. The van der Waals surface area contributed by atoms with Crippen molar-refractivity contribution in [3.8, 4) is 5.69 Å². The maximum atomic E-state index is 11.4. The number of aliphatic carboxylic acids is 1. The van der Waals surface area contributed by atoms with E-state index in [1.165, 1.54) is 0 Å². The summed E-state index contributed by atoms with van der Waals surface area (Å²) >= 11 is 1.64. The fourth-order valence-corrected chi connectivity index (χ4v) is 3.26. The number of nitrogens with zero attached hydrogens (tertiary/aromatic N) is 3. The molecule has 6 nitrogen and oxygen atoms in total. The second-order valence-corrected chi connectivity index (χ2v) is 6.47. The smallest absolute Gasteiger partial charge is 0.308 e. The zero-order valence-electron chi connectivity index (χ0n) is 13.0. The van der Waals surface area contributed by atoms with Gasteiger partial charge in [-0.3, -0.25) is 9.78 Å². The van der Waals surface area contributed by atoms with Gasteiger partial charge in [0.05, 0.1) is 17.9 Å². The zero-order chi connectivity index (χ0) is 16.8.